The van der Waals surface area contributed by atoms with Crippen LogP contribution in [0.1, 0.15) is 5.69 Å². The van der Waals surface area contributed by atoms with Crippen molar-refractivity contribution >= 4 is 15.7 Å². The van der Waals surface area contributed by atoms with E-state index in [1.54, 1.807) is 37.3 Å². The molecule has 2 aromatic carbocycles. The normalized spacial score (nSPS) is 11.1. The standard InChI is InChI=1S/C19H20N2O6S/c1-12-9-18(27-20-12)13-5-7-17(26-4)19(10-13)28(22,23)21-15-11-14(24-2)6-8-16(15)25-3/h5-11,21H,1-4H3. The van der Waals surface area contributed by atoms with Gasteiger partial charge in [0, 0.05) is 17.7 Å². The Morgan fingerprint density at radius 2 is 1.64 bits per heavy atom. The summed E-state index contributed by atoms with van der Waals surface area (Å²) in [5.41, 5.74) is 1.48. The number of aryl methyl sites for hydroxylation is 1. The number of hydrogen-bond donors (Lipinski definition) is 1. The summed E-state index contributed by atoms with van der Waals surface area (Å²) in [6.45, 7) is 1.78. The molecule has 0 amide bonds. The van der Waals surface area contributed by atoms with Gasteiger partial charge in [-0.05, 0) is 37.3 Å². The first kappa shape index (κ1) is 19.6. The first-order valence-corrected chi connectivity index (χ1v) is 9.73. The molecule has 0 spiro atoms. The lowest BCUT2D eigenvalue weighted by Gasteiger charge is -2.15. The summed E-state index contributed by atoms with van der Waals surface area (Å²) in [6.07, 6.45) is 0. The second kappa shape index (κ2) is 7.81. The molecule has 0 saturated heterocycles. The molecule has 0 fully saturated rings. The van der Waals surface area contributed by atoms with Crippen LogP contribution in [0.4, 0.5) is 5.69 Å². The number of anilines is 1. The zero-order chi connectivity index (χ0) is 20.3. The van der Waals surface area contributed by atoms with Crippen molar-refractivity contribution in [1.29, 1.82) is 0 Å². The second-order valence-corrected chi connectivity index (χ2v) is 7.52. The fraction of sp³-hybridized carbons (Fsp3) is 0.211. The average Bonchev–Trinajstić information content (AvgIpc) is 3.13. The van der Waals surface area contributed by atoms with Gasteiger partial charge in [0.25, 0.3) is 10.0 Å². The molecule has 0 aliphatic heterocycles. The summed E-state index contributed by atoms with van der Waals surface area (Å²) in [5.74, 6) is 1.48. The highest BCUT2D eigenvalue weighted by Gasteiger charge is 2.23. The fourth-order valence-electron chi connectivity index (χ4n) is 2.63. The highest BCUT2D eigenvalue weighted by atomic mass is 32.2. The Hall–Kier alpha value is -3.20. The third kappa shape index (κ3) is 3.89. The molecule has 1 N–H and O–H groups in total. The van der Waals surface area contributed by atoms with Gasteiger partial charge in [-0.15, -0.1) is 0 Å². The van der Waals surface area contributed by atoms with Crippen LogP contribution in [-0.2, 0) is 10.0 Å². The molecule has 3 aromatic rings. The van der Waals surface area contributed by atoms with Gasteiger partial charge in [-0.3, -0.25) is 4.72 Å². The monoisotopic (exact) mass is 404 g/mol. The molecule has 148 valence electrons. The van der Waals surface area contributed by atoms with Crippen LogP contribution in [0, 0.1) is 6.92 Å². The van der Waals surface area contributed by atoms with Gasteiger partial charge < -0.3 is 18.7 Å². The number of nitrogens with zero attached hydrogens (tertiary/aromatic N) is 1. The minimum absolute atomic E-state index is 0.0496. The Bertz CT molecular complexity index is 1090. The topological polar surface area (TPSA) is 99.9 Å². The maximum absolute atomic E-state index is 13.1. The van der Waals surface area contributed by atoms with Gasteiger partial charge in [-0.2, -0.15) is 0 Å². The quantitative estimate of drug-likeness (QED) is 0.643. The molecule has 8 nitrogen and oxygen atoms in total. The van der Waals surface area contributed by atoms with Crippen molar-refractivity contribution in [2.45, 2.75) is 11.8 Å². The molecule has 0 atom stereocenters. The average molecular weight is 404 g/mol. The number of nitrogens with one attached hydrogen (secondary N) is 1. The van der Waals surface area contributed by atoms with Crippen LogP contribution in [0.3, 0.4) is 0 Å². The van der Waals surface area contributed by atoms with Gasteiger partial charge in [0.05, 0.1) is 32.7 Å². The van der Waals surface area contributed by atoms with Crippen molar-refractivity contribution in [1.82, 2.24) is 5.16 Å². The van der Waals surface area contributed by atoms with Crippen molar-refractivity contribution in [2.75, 3.05) is 26.1 Å². The van der Waals surface area contributed by atoms with Crippen molar-refractivity contribution in [3.05, 3.63) is 48.2 Å². The van der Waals surface area contributed by atoms with Crippen LogP contribution in [-0.4, -0.2) is 34.9 Å². The van der Waals surface area contributed by atoms with Gasteiger partial charge >= 0.3 is 0 Å². The smallest absolute Gasteiger partial charge is 0.265 e. The van der Waals surface area contributed by atoms with Gasteiger partial charge in [0.1, 0.15) is 22.1 Å². The van der Waals surface area contributed by atoms with E-state index >= 15 is 0 Å². The van der Waals surface area contributed by atoms with Gasteiger partial charge in [0.2, 0.25) is 0 Å². The Morgan fingerprint density at radius 3 is 2.25 bits per heavy atom. The van der Waals surface area contributed by atoms with Crippen LogP contribution in [0.5, 0.6) is 17.2 Å². The molecule has 1 aromatic heterocycles. The Labute approximate surface area is 163 Å². The third-order valence-corrected chi connectivity index (χ3v) is 5.40. The molecule has 0 radical (unpaired) electrons. The van der Waals surface area contributed by atoms with Gasteiger partial charge in [-0.1, -0.05) is 5.16 Å². The van der Waals surface area contributed by atoms with E-state index in [1.807, 2.05) is 0 Å². The van der Waals surface area contributed by atoms with E-state index in [4.69, 9.17) is 18.7 Å². The van der Waals surface area contributed by atoms with Gasteiger partial charge in [-0.25, -0.2) is 8.42 Å². The number of benzene rings is 2. The highest BCUT2D eigenvalue weighted by Crippen LogP contribution is 2.34. The summed E-state index contributed by atoms with van der Waals surface area (Å²) in [7, 11) is 0.335. The van der Waals surface area contributed by atoms with E-state index in [0.717, 1.165) is 0 Å². The molecule has 0 aliphatic carbocycles. The SMILES string of the molecule is COc1ccc(OC)c(NS(=O)(=O)c2cc(-c3cc(C)no3)ccc2OC)c1. The molecule has 0 unspecified atom stereocenters. The van der Waals surface area contributed by atoms with E-state index in [9.17, 15) is 8.42 Å². The minimum Gasteiger partial charge on any atom is -0.497 e. The Kier molecular flexibility index (Phi) is 5.46. The molecule has 28 heavy (non-hydrogen) atoms. The number of methoxy groups -OCH3 is 3. The molecule has 3 rings (SSSR count). The number of sulfonamides is 1. The fourth-order valence-corrected chi connectivity index (χ4v) is 3.89. The van der Waals surface area contributed by atoms with E-state index in [0.29, 0.717) is 28.5 Å². The van der Waals surface area contributed by atoms with E-state index < -0.39 is 10.0 Å². The molecule has 0 bridgehead atoms. The first-order valence-electron chi connectivity index (χ1n) is 8.24. The lowest BCUT2D eigenvalue weighted by atomic mass is 10.1. The van der Waals surface area contributed by atoms with E-state index in [2.05, 4.69) is 9.88 Å². The van der Waals surface area contributed by atoms with Crippen LogP contribution < -0.4 is 18.9 Å². The number of aromatic nitrogens is 1. The first-order chi connectivity index (χ1) is 13.4. The Balaban J connectivity index is 2.06. The third-order valence-electron chi connectivity index (χ3n) is 4.02. The number of hydrogen-bond acceptors (Lipinski definition) is 7. The molecule has 0 saturated carbocycles. The zero-order valence-corrected chi connectivity index (χ0v) is 16.7. The summed E-state index contributed by atoms with van der Waals surface area (Å²) in [6, 6.07) is 11.3. The Morgan fingerprint density at radius 1 is 0.929 bits per heavy atom. The molecule has 0 aliphatic rings. The zero-order valence-electron chi connectivity index (χ0n) is 15.8. The number of ether oxygens (including phenoxy) is 3. The van der Waals surface area contributed by atoms with Crippen molar-refractivity contribution in [2.24, 2.45) is 0 Å². The van der Waals surface area contributed by atoms with Gasteiger partial charge in [0.15, 0.2) is 5.76 Å². The summed E-state index contributed by atoms with van der Waals surface area (Å²) in [5, 5.41) is 3.84. The largest absolute Gasteiger partial charge is 0.497 e. The summed E-state index contributed by atoms with van der Waals surface area (Å²) in [4.78, 5) is -0.0496. The molecule has 1 heterocycles. The number of rotatable bonds is 7. The van der Waals surface area contributed by atoms with Crippen LogP contribution in [0.25, 0.3) is 11.3 Å². The maximum Gasteiger partial charge on any atom is 0.265 e. The molecule has 9 heteroatoms. The van der Waals surface area contributed by atoms with Crippen LogP contribution in [0.15, 0.2) is 51.9 Å². The van der Waals surface area contributed by atoms with Crippen LogP contribution >= 0.6 is 0 Å². The lowest BCUT2D eigenvalue weighted by Crippen LogP contribution is -2.15. The summed E-state index contributed by atoms with van der Waals surface area (Å²) >= 11 is 0. The second-order valence-electron chi connectivity index (χ2n) is 5.87. The maximum atomic E-state index is 13.1. The van der Waals surface area contributed by atoms with Crippen molar-refractivity contribution in [3.8, 4) is 28.6 Å². The van der Waals surface area contributed by atoms with E-state index in [1.165, 1.54) is 33.5 Å². The minimum atomic E-state index is -4.01. The van der Waals surface area contributed by atoms with Crippen LogP contribution in [0.2, 0.25) is 0 Å². The predicted octanol–water partition coefficient (Wildman–Crippen LogP) is 3.48. The predicted molar refractivity (Wildman–Crippen MR) is 104 cm³/mol. The van der Waals surface area contributed by atoms with Crippen molar-refractivity contribution in [3.63, 3.8) is 0 Å². The highest BCUT2D eigenvalue weighted by molar-refractivity contribution is 7.92. The lowest BCUT2D eigenvalue weighted by molar-refractivity contribution is 0.402. The van der Waals surface area contributed by atoms with E-state index in [-0.39, 0.29) is 16.3 Å². The molecular formula is C19H20N2O6S. The van der Waals surface area contributed by atoms with Crippen molar-refractivity contribution < 1.29 is 27.2 Å². The summed E-state index contributed by atoms with van der Waals surface area (Å²) < 4.78 is 49.6. The molecular weight excluding hydrogens is 384 g/mol.